The Hall–Kier alpha value is -0.260. The van der Waals surface area contributed by atoms with Crippen molar-refractivity contribution < 1.29 is 28.8 Å². The predicted octanol–water partition coefficient (Wildman–Crippen LogP) is 1.51. The minimum Gasteiger partial charge on any atom is -0.456 e. The number of amides is 2. The zero-order valence-corrected chi connectivity index (χ0v) is 22.8. The van der Waals surface area contributed by atoms with E-state index in [1.807, 2.05) is 22.6 Å². The molecule has 1 aliphatic heterocycles. The standard InChI is InChI=1S/C18H22I3N3O5/c1-10(25)22-16-13(19)12(14(20)17(15(16)21)23(3)11(2)26)18(27)29-9-6-24-4-7-28-8-5-24/h4-9H2,1-3H3,(H,22,25)/p+1. The van der Waals surface area contributed by atoms with Gasteiger partial charge in [-0.1, -0.05) is 0 Å². The Morgan fingerprint density at radius 3 is 2.28 bits per heavy atom. The molecule has 0 aliphatic carbocycles. The number of rotatable bonds is 6. The van der Waals surface area contributed by atoms with Crippen molar-refractivity contribution in [3.8, 4) is 0 Å². The highest BCUT2D eigenvalue weighted by atomic mass is 127. The van der Waals surface area contributed by atoms with Gasteiger partial charge in [-0.3, -0.25) is 9.59 Å². The van der Waals surface area contributed by atoms with E-state index in [4.69, 9.17) is 9.47 Å². The highest BCUT2D eigenvalue weighted by Gasteiger charge is 2.29. The molecule has 1 aliphatic rings. The van der Waals surface area contributed by atoms with Crippen LogP contribution in [0.1, 0.15) is 24.2 Å². The minimum atomic E-state index is -0.465. The molecule has 1 heterocycles. The third-order valence-corrected chi connectivity index (χ3v) is 7.67. The summed E-state index contributed by atoms with van der Waals surface area (Å²) in [5.74, 6) is -0.896. The zero-order valence-electron chi connectivity index (χ0n) is 16.4. The van der Waals surface area contributed by atoms with Crippen LogP contribution < -0.4 is 15.1 Å². The smallest absolute Gasteiger partial charge is 0.340 e. The second-order valence-electron chi connectivity index (χ2n) is 6.55. The minimum absolute atomic E-state index is 0.175. The first kappa shape index (κ1) is 25.0. The first-order chi connectivity index (χ1) is 13.6. The van der Waals surface area contributed by atoms with Crippen LogP contribution in [0.3, 0.4) is 0 Å². The summed E-state index contributed by atoms with van der Waals surface area (Å²) in [5, 5.41) is 2.78. The summed E-state index contributed by atoms with van der Waals surface area (Å²) in [5.41, 5.74) is 1.44. The second-order valence-corrected chi connectivity index (χ2v) is 9.78. The molecule has 29 heavy (non-hydrogen) atoms. The summed E-state index contributed by atoms with van der Waals surface area (Å²) in [4.78, 5) is 39.5. The number of nitrogens with zero attached hydrogens (tertiary/aromatic N) is 1. The molecule has 1 saturated heterocycles. The molecule has 0 bridgehead atoms. The van der Waals surface area contributed by atoms with E-state index >= 15 is 0 Å². The predicted molar refractivity (Wildman–Crippen MR) is 135 cm³/mol. The maximum absolute atomic E-state index is 12.9. The van der Waals surface area contributed by atoms with Crippen molar-refractivity contribution in [2.75, 3.05) is 56.7 Å². The maximum Gasteiger partial charge on any atom is 0.340 e. The van der Waals surface area contributed by atoms with Gasteiger partial charge in [0.25, 0.3) is 0 Å². The van der Waals surface area contributed by atoms with Crippen LogP contribution in [0.15, 0.2) is 0 Å². The lowest BCUT2D eigenvalue weighted by molar-refractivity contribution is -0.908. The van der Waals surface area contributed by atoms with Crippen molar-refractivity contribution >= 4 is 96.9 Å². The highest BCUT2D eigenvalue weighted by molar-refractivity contribution is 14.1. The summed E-state index contributed by atoms with van der Waals surface area (Å²) in [6, 6.07) is 0. The molecule has 0 saturated carbocycles. The molecule has 11 heteroatoms. The number of halogens is 3. The van der Waals surface area contributed by atoms with Gasteiger partial charge < -0.3 is 24.6 Å². The summed E-state index contributed by atoms with van der Waals surface area (Å²) in [7, 11) is 1.64. The molecule has 0 unspecified atom stereocenters. The largest absolute Gasteiger partial charge is 0.456 e. The molecule has 0 aromatic heterocycles. The first-order valence-corrected chi connectivity index (χ1v) is 12.2. The number of anilines is 2. The number of benzene rings is 1. The molecule has 1 aromatic rings. The fraction of sp³-hybridized carbons (Fsp3) is 0.500. The molecule has 8 nitrogen and oxygen atoms in total. The van der Waals surface area contributed by atoms with Crippen molar-refractivity contribution in [1.29, 1.82) is 0 Å². The fourth-order valence-electron chi connectivity index (χ4n) is 2.84. The van der Waals surface area contributed by atoms with Gasteiger partial charge in [-0.25, -0.2) is 4.79 Å². The molecule has 1 aromatic carbocycles. The second kappa shape index (κ2) is 11.4. The number of carbonyl (C=O) groups excluding carboxylic acids is 3. The number of morpholine rings is 1. The zero-order chi connectivity index (χ0) is 21.7. The van der Waals surface area contributed by atoms with Gasteiger partial charge in [-0.2, -0.15) is 0 Å². The highest BCUT2D eigenvalue weighted by Crippen LogP contribution is 2.40. The maximum atomic E-state index is 12.9. The molecule has 0 spiro atoms. The van der Waals surface area contributed by atoms with Gasteiger partial charge in [0, 0.05) is 20.9 Å². The third-order valence-electron chi connectivity index (χ3n) is 4.50. The molecule has 1 fully saturated rings. The van der Waals surface area contributed by atoms with Crippen LogP contribution in [0.2, 0.25) is 0 Å². The van der Waals surface area contributed by atoms with Crippen molar-refractivity contribution in [2.24, 2.45) is 0 Å². The number of esters is 1. The molecule has 2 N–H and O–H groups in total. The van der Waals surface area contributed by atoms with E-state index in [1.54, 1.807) is 7.05 Å². The summed E-state index contributed by atoms with van der Waals surface area (Å²) >= 11 is 6.19. The Bertz CT molecular complexity index is 813. The Morgan fingerprint density at radius 1 is 1.10 bits per heavy atom. The SMILES string of the molecule is CC(=O)Nc1c(I)c(C(=O)OCC[NH+]2CCOCC2)c(I)c(N(C)C(C)=O)c1I. The number of carbonyl (C=O) groups is 3. The van der Waals surface area contributed by atoms with Crippen molar-refractivity contribution in [2.45, 2.75) is 13.8 Å². The van der Waals surface area contributed by atoms with Crippen molar-refractivity contribution in [1.82, 2.24) is 0 Å². The monoisotopic (exact) mass is 742 g/mol. The summed E-state index contributed by atoms with van der Waals surface area (Å²) < 4.78 is 12.8. The van der Waals surface area contributed by atoms with Gasteiger partial charge in [0.1, 0.15) is 26.2 Å². The lowest BCUT2D eigenvalue weighted by Crippen LogP contribution is -3.14. The van der Waals surface area contributed by atoms with Gasteiger partial charge in [0.05, 0.1) is 40.9 Å². The fourth-order valence-corrected chi connectivity index (χ4v) is 7.44. The first-order valence-electron chi connectivity index (χ1n) is 8.95. The van der Waals surface area contributed by atoms with Crippen LogP contribution in [-0.4, -0.2) is 64.3 Å². The van der Waals surface area contributed by atoms with Crippen LogP contribution in [0, 0.1) is 10.7 Å². The lowest BCUT2D eigenvalue weighted by Gasteiger charge is -2.25. The van der Waals surface area contributed by atoms with E-state index in [2.05, 4.69) is 50.5 Å². The topological polar surface area (TPSA) is 89.4 Å². The van der Waals surface area contributed by atoms with Gasteiger partial charge >= 0.3 is 5.97 Å². The van der Waals surface area contributed by atoms with Gasteiger partial charge in [-0.15, -0.1) is 0 Å². The molecular weight excluding hydrogens is 719 g/mol. The summed E-state index contributed by atoms with van der Waals surface area (Å²) in [6.07, 6.45) is 0. The Morgan fingerprint density at radius 2 is 1.72 bits per heavy atom. The molecule has 160 valence electrons. The van der Waals surface area contributed by atoms with Crippen LogP contribution in [0.5, 0.6) is 0 Å². The number of nitrogens with one attached hydrogen (secondary N) is 2. The van der Waals surface area contributed by atoms with E-state index < -0.39 is 5.97 Å². The van der Waals surface area contributed by atoms with Gasteiger partial charge in [0.2, 0.25) is 11.8 Å². The van der Waals surface area contributed by atoms with Gasteiger partial charge in [-0.05, 0) is 67.8 Å². The Labute approximate surface area is 210 Å². The molecule has 0 radical (unpaired) electrons. The van der Waals surface area contributed by atoms with E-state index in [1.165, 1.54) is 23.6 Å². The number of hydrogen-bond donors (Lipinski definition) is 2. The lowest BCUT2D eigenvalue weighted by atomic mass is 10.1. The normalized spacial score (nSPS) is 14.4. The van der Waals surface area contributed by atoms with Crippen LogP contribution in [0.4, 0.5) is 11.4 Å². The van der Waals surface area contributed by atoms with Crippen molar-refractivity contribution in [3.05, 3.63) is 16.3 Å². The molecule has 2 amide bonds. The average Bonchev–Trinajstić information content (AvgIpc) is 2.65. The Balaban J connectivity index is 2.35. The Kier molecular flexibility index (Phi) is 9.82. The van der Waals surface area contributed by atoms with Crippen LogP contribution in [-0.2, 0) is 19.1 Å². The molecule has 2 rings (SSSR count). The third kappa shape index (κ3) is 6.36. The summed E-state index contributed by atoms with van der Waals surface area (Å²) in [6.45, 7) is 7.10. The number of ether oxygens (including phenoxy) is 2. The van der Waals surface area contributed by atoms with E-state index in [-0.39, 0.29) is 11.8 Å². The van der Waals surface area contributed by atoms with Gasteiger partial charge in [0.15, 0.2) is 0 Å². The van der Waals surface area contributed by atoms with E-state index in [9.17, 15) is 14.4 Å². The molecular formula is C18H23I3N3O5+. The van der Waals surface area contributed by atoms with E-state index in [0.29, 0.717) is 40.8 Å². The molecule has 0 atom stereocenters. The quantitative estimate of drug-likeness (QED) is 0.342. The van der Waals surface area contributed by atoms with Crippen molar-refractivity contribution in [3.63, 3.8) is 0 Å². The van der Waals surface area contributed by atoms with E-state index in [0.717, 1.165) is 26.3 Å². The van der Waals surface area contributed by atoms with Crippen LogP contribution in [0.25, 0.3) is 0 Å². The average molecular weight is 742 g/mol. The number of hydrogen-bond acceptors (Lipinski definition) is 5. The van der Waals surface area contributed by atoms with Crippen LogP contribution >= 0.6 is 67.8 Å². The number of quaternary nitrogens is 1.